The van der Waals surface area contributed by atoms with E-state index in [1.807, 2.05) is 18.2 Å². The van der Waals surface area contributed by atoms with Crippen molar-refractivity contribution in [3.63, 3.8) is 0 Å². The summed E-state index contributed by atoms with van der Waals surface area (Å²) in [5.41, 5.74) is 1.62. The maximum Gasteiger partial charge on any atom is 0.226 e. The quantitative estimate of drug-likeness (QED) is 0.909. The highest BCUT2D eigenvalue weighted by molar-refractivity contribution is 6.31. The number of carbonyl (C=O) groups is 1. The fourth-order valence-corrected chi connectivity index (χ4v) is 4.52. The van der Waals surface area contributed by atoms with E-state index in [-0.39, 0.29) is 5.92 Å². The minimum absolute atomic E-state index is 0.163. The SMILES string of the molecule is O=C(C1CC1c1ccccc1Cl)N1CCC2(CCNC2)CC1. The average Bonchev–Trinajstić information content (AvgIpc) is 3.21. The first-order valence-electron chi connectivity index (χ1n) is 8.43. The van der Waals surface area contributed by atoms with Gasteiger partial charge in [0, 0.05) is 30.6 Å². The zero-order valence-corrected chi connectivity index (χ0v) is 13.6. The number of halogens is 1. The first kappa shape index (κ1) is 14.5. The normalized spacial score (nSPS) is 29.8. The van der Waals surface area contributed by atoms with Crippen LogP contribution in [0.1, 0.15) is 37.2 Å². The monoisotopic (exact) mass is 318 g/mol. The van der Waals surface area contributed by atoms with E-state index in [1.165, 1.54) is 6.42 Å². The molecule has 1 saturated carbocycles. The van der Waals surface area contributed by atoms with Crippen LogP contribution in [0, 0.1) is 11.3 Å². The molecule has 2 aliphatic heterocycles. The second-order valence-corrected chi connectivity index (χ2v) is 7.63. The van der Waals surface area contributed by atoms with Gasteiger partial charge in [-0.05, 0) is 55.2 Å². The fourth-order valence-electron chi connectivity index (χ4n) is 4.25. The van der Waals surface area contributed by atoms with E-state index in [0.717, 1.165) is 56.0 Å². The maximum absolute atomic E-state index is 12.7. The highest BCUT2D eigenvalue weighted by Gasteiger charge is 2.48. The Balaban J connectivity index is 1.37. The van der Waals surface area contributed by atoms with Gasteiger partial charge < -0.3 is 10.2 Å². The number of rotatable bonds is 2. The lowest BCUT2D eigenvalue weighted by Gasteiger charge is -2.39. The van der Waals surface area contributed by atoms with Gasteiger partial charge >= 0.3 is 0 Å². The van der Waals surface area contributed by atoms with Crippen LogP contribution >= 0.6 is 11.6 Å². The lowest BCUT2D eigenvalue weighted by atomic mass is 9.78. The van der Waals surface area contributed by atoms with E-state index in [4.69, 9.17) is 11.6 Å². The third-order valence-corrected chi connectivity index (χ3v) is 6.22. The summed E-state index contributed by atoms with van der Waals surface area (Å²) >= 11 is 6.27. The summed E-state index contributed by atoms with van der Waals surface area (Å²) in [5, 5.41) is 4.28. The topological polar surface area (TPSA) is 32.3 Å². The molecule has 1 aromatic rings. The standard InChI is InChI=1S/C18H23ClN2O/c19-16-4-2-1-3-13(16)14-11-15(14)17(22)21-9-6-18(7-10-21)5-8-20-12-18/h1-4,14-15,20H,5-12H2. The molecule has 1 aliphatic carbocycles. The van der Waals surface area contributed by atoms with Gasteiger partial charge in [0.15, 0.2) is 0 Å². The third-order valence-electron chi connectivity index (χ3n) is 5.88. The van der Waals surface area contributed by atoms with Gasteiger partial charge in [0.05, 0.1) is 0 Å². The van der Waals surface area contributed by atoms with E-state index in [2.05, 4.69) is 16.3 Å². The number of nitrogens with zero attached hydrogens (tertiary/aromatic N) is 1. The summed E-state index contributed by atoms with van der Waals surface area (Å²) in [6.07, 6.45) is 4.57. The molecule has 1 spiro atoms. The summed E-state index contributed by atoms with van der Waals surface area (Å²) in [6.45, 7) is 4.16. The van der Waals surface area contributed by atoms with Crippen LogP contribution in [0.5, 0.6) is 0 Å². The van der Waals surface area contributed by atoms with Gasteiger partial charge in [-0.15, -0.1) is 0 Å². The van der Waals surface area contributed by atoms with Crippen LogP contribution in [0.25, 0.3) is 0 Å². The summed E-state index contributed by atoms with van der Waals surface area (Å²) in [5.74, 6) is 0.853. The van der Waals surface area contributed by atoms with E-state index < -0.39 is 0 Å². The Kier molecular flexibility index (Phi) is 3.66. The summed E-state index contributed by atoms with van der Waals surface area (Å²) in [7, 11) is 0. The zero-order chi connectivity index (χ0) is 15.2. The summed E-state index contributed by atoms with van der Waals surface area (Å²) < 4.78 is 0. The van der Waals surface area contributed by atoms with Crippen molar-refractivity contribution < 1.29 is 4.79 Å². The minimum atomic E-state index is 0.163. The van der Waals surface area contributed by atoms with Crippen LogP contribution in [-0.4, -0.2) is 37.0 Å². The Morgan fingerprint density at radius 1 is 1.23 bits per heavy atom. The molecule has 4 rings (SSSR count). The minimum Gasteiger partial charge on any atom is -0.342 e. The number of hydrogen-bond donors (Lipinski definition) is 1. The van der Waals surface area contributed by atoms with Gasteiger partial charge in [-0.25, -0.2) is 0 Å². The predicted molar refractivity (Wildman–Crippen MR) is 88.0 cm³/mol. The smallest absolute Gasteiger partial charge is 0.226 e. The van der Waals surface area contributed by atoms with Crippen LogP contribution in [0.4, 0.5) is 0 Å². The van der Waals surface area contributed by atoms with Crippen LogP contribution in [0.3, 0.4) is 0 Å². The number of hydrogen-bond acceptors (Lipinski definition) is 2. The fraction of sp³-hybridized carbons (Fsp3) is 0.611. The Hall–Kier alpha value is -1.06. The first-order chi connectivity index (χ1) is 10.7. The van der Waals surface area contributed by atoms with Crippen molar-refractivity contribution in [3.8, 4) is 0 Å². The molecule has 1 amide bonds. The predicted octanol–water partition coefficient (Wildman–Crippen LogP) is 3.05. The Labute approximate surface area is 137 Å². The van der Waals surface area contributed by atoms with Crippen molar-refractivity contribution in [3.05, 3.63) is 34.9 Å². The molecule has 118 valence electrons. The molecule has 0 radical (unpaired) electrons. The van der Waals surface area contributed by atoms with Crippen molar-refractivity contribution in [2.45, 2.75) is 31.6 Å². The molecule has 2 unspecified atom stereocenters. The molecule has 0 aromatic heterocycles. The molecule has 3 aliphatic rings. The Morgan fingerprint density at radius 2 is 2.00 bits per heavy atom. The average molecular weight is 319 g/mol. The van der Waals surface area contributed by atoms with Crippen LogP contribution < -0.4 is 5.32 Å². The Morgan fingerprint density at radius 3 is 2.68 bits per heavy atom. The molecule has 2 saturated heterocycles. The lowest BCUT2D eigenvalue weighted by Crippen LogP contribution is -2.44. The number of amides is 1. The van der Waals surface area contributed by atoms with Crippen molar-refractivity contribution in [2.75, 3.05) is 26.2 Å². The summed E-state index contributed by atoms with van der Waals surface area (Å²) in [4.78, 5) is 14.8. The number of nitrogens with one attached hydrogen (secondary N) is 1. The van der Waals surface area contributed by atoms with Gasteiger partial charge in [-0.1, -0.05) is 29.8 Å². The molecule has 22 heavy (non-hydrogen) atoms. The summed E-state index contributed by atoms with van der Waals surface area (Å²) in [6, 6.07) is 7.95. The number of likely N-dealkylation sites (tertiary alicyclic amines) is 1. The van der Waals surface area contributed by atoms with E-state index in [0.29, 0.717) is 17.2 Å². The second kappa shape index (κ2) is 5.54. The second-order valence-electron chi connectivity index (χ2n) is 7.22. The van der Waals surface area contributed by atoms with Crippen molar-refractivity contribution in [2.24, 2.45) is 11.3 Å². The lowest BCUT2D eigenvalue weighted by molar-refractivity contribution is -0.134. The van der Waals surface area contributed by atoms with Gasteiger partial charge in [0.2, 0.25) is 5.91 Å². The molecule has 1 aromatic carbocycles. The van der Waals surface area contributed by atoms with Crippen LogP contribution in [0.2, 0.25) is 5.02 Å². The van der Waals surface area contributed by atoms with Gasteiger partial charge in [0.25, 0.3) is 0 Å². The zero-order valence-electron chi connectivity index (χ0n) is 12.9. The highest BCUT2D eigenvalue weighted by atomic mass is 35.5. The number of benzene rings is 1. The Bertz CT molecular complexity index is 572. The van der Waals surface area contributed by atoms with E-state index in [1.54, 1.807) is 0 Å². The molecule has 2 atom stereocenters. The highest BCUT2D eigenvalue weighted by Crippen LogP contribution is 2.51. The molecule has 3 nitrogen and oxygen atoms in total. The van der Waals surface area contributed by atoms with Gasteiger partial charge in [-0.2, -0.15) is 0 Å². The number of carbonyl (C=O) groups excluding carboxylic acids is 1. The third kappa shape index (κ3) is 2.55. The molecular weight excluding hydrogens is 296 g/mol. The number of piperidine rings is 1. The van der Waals surface area contributed by atoms with Crippen molar-refractivity contribution in [1.29, 1.82) is 0 Å². The first-order valence-corrected chi connectivity index (χ1v) is 8.80. The van der Waals surface area contributed by atoms with Crippen LogP contribution in [-0.2, 0) is 4.79 Å². The molecule has 1 N–H and O–H groups in total. The molecule has 4 heteroatoms. The molecule has 0 bridgehead atoms. The van der Waals surface area contributed by atoms with E-state index >= 15 is 0 Å². The van der Waals surface area contributed by atoms with Crippen LogP contribution in [0.15, 0.2) is 24.3 Å². The molecule has 2 heterocycles. The van der Waals surface area contributed by atoms with E-state index in [9.17, 15) is 4.79 Å². The van der Waals surface area contributed by atoms with Crippen molar-refractivity contribution >= 4 is 17.5 Å². The van der Waals surface area contributed by atoms with Gasteiger partial charge in [-0.3, -0.25) is 4.79 Å². The molecule has 3 fully saturated rings. The molecular formula is C18H23ClN2O. The largest absolute Gasteiger partial charge is 0.342 e. The van der Waals surface area contributed by atoms with Gasteiger partial charge in [0.1, 0.15) is 0 Å². The van der Waals surface area contributed by atoms with Crippen molar-refractivity contribution in [1.82, 2.24) is 10.2 Å². The maximum atomic E-state index is 12.7.